The molecule has 1 aromatic heterocycles. The number of hydrogen-bond donors (Lipinski definition) is 1. The van der Waals surface area contributed by atoms with Gasteiger partial charge in [-0.15, -0.1) is 0 Å². The molecule has 0 aliphatic heterocycles. The number of rotatable bonds is 4. The van der Waals surface area contributed by atoms with E-state index in [-0.39, 0.29) is 5.82 Å². The molecule has 0 aliphatic rings. The second-order valence-corrected chi connectivity index (χ2v) is 4.13. The molecule has 1 N–H and O–H groups in total. The summed E-state index contributed by atoms with van der Waals surface area (Å²) in [6.07, 6.45) is 1.78. The molecule has 1 aromatic carbocycles. The van der Waals surface area contributed by atoms with Crippen molar-refractivity contribution in [3.05, 3.63) is 54.0 Å². The minimum absolute atomic E-state index is 0.214. The molecule has 94 valence electrons. The van der Waals surface area contributed by atoms with Crippen molar-refractivity contribution < 1.29 is 4.39 Å². The van der Waals surface area contributed by atoms with Crippen LogP contribution in [-0.4, -0.2) is 19.1 Å². The Bertz CT molecular complexity index is 511. The number of anilines is 2. The minimum atomic E-state index is -0.214. The molecule has 3 nitrogen and oxygen atoms in total. The van der Waals surface area contributed by atoms with Crippen molar-refractivity contribution in [2.24, 2.45) is 0 Å². The summed E-state index contributed by atoms with van der Waals surface area (Å²) >= 11 is 0. The standard InChI is InChI=1S/C14H16FN3/c1-16-14-9-11(7-8-17-14)10-18(2)13-5-3-12(15)4-6-13/h3-9H,10H2,1-2H3,(H,16,17). The fourth-order valence-corrected chi connectivity index (χ4v) is 1.77. The molecular weight excluding hydrogens is 229 g/mol. The molecule has 4 heteroatoms. The van der Waals surface area contributed by atoms with Gasteiger partial charge < -0.3 is 10.2 Å². The third-order valence-electron chi connectivity index (χ3n) is 2.77. The largest absolute Gasteiger partial charge is 0.373 e. The molecule has 18 heavy (non-hydrogen) atoms. The summed E-state index contributed by atoms with van der Waals surface area (Å²) in [5.74, 6) is 0.633. The predicted octanol–water partition coefficient (Wildman–Crippen LogP) is 2.90. The first-order valence-corrected chi connectivity index (χ1v) is 5.78. The average molecular weight is 245 g/mol. The Morgan fingerprint density at radius 2 is 1.94 bits per heavy atom. The van der Waals surface area contributed by atoms with Crippen LogP contribution in [0.25, 0.3) is 0 Å². The maximum Gasteiger partial charge on any atom is 0.125 e. The summed E-state index contributed by atoms with van der Waals surface area (Å²) in [4.78, 5) is 6.23. The Labute approximate surface area is 106 Å². The van der Waals surface area contributed by atoms with E-state index in [1.165, 1.54) is 12.1 Å². The Hall–Kier alpha value is -2.10. The fraction of sp³-hybridized carbons (Fsp3) is 0.214. The highest BCUT2D eigenvalue weighted by atomic mass is 19.1. The highest BCUT2D eigenvalue weighted by Gasteiger charge is 2.03. The maximum absolute atomic E-state index is 12.8. The number of nitrogens with zero attached hydrogens (tertiary/aromatic N) is 2. The Kier molecular flexibility index (Phi) is 3.77. The van der Waals surface area contributed by atoms with Gasteiger partial charge in [-0.1, -0.05) is 0 Å². The molecule has 0 amide bonds. The lowest BCUT2D eigenvalue weighted by Crippen LogP contribution is -2.16. The Morgan fingerprint density at radius 1 is 1.22 bits per heavy atom. The molecule has 0 spiro atoms. The van der Waals surface area contributed by atoms with Gasteiger partial charge >= 0.3 is 0 Å². The summed E-state index contributed by atoms with van der Waals surface area (Å²) in [7, 11) is 3.82. The van der Waals surface area contributed by atoms with Crippen LogP contribution in [0.15, 0.2) is 42.6 Å². The summed E-state index contributed by atoms with van der Waals surface area (Å²) in [6.45, 7) is 0.753. The molecule has 0 radical (unpaired) electrons. The predicted molar refractivity (Wildman–Crippen MR) is 72.3 cm³/mol. The van der Waals surface area contributed by atoms with Crippen molar-refractivity contribution in [2.45, 2.75) is 6.54 Å². The third kappa shape index (κ3) is 2.97. The zero-order valence-electron chi connectivity index (χ0n) is 10.5. The normalized spacial score (nSPS) is 10.2. The van der Waals surface area contributed by atoms with Gasteiger partial charge in [0, 0.05) is 32.5 Å². The summed E-state index contributed by atoms with van der Waals surface area (Å²) < 4.78 is 12.8. The van der Waals surface area contributed by atoms with Gasteiger partial charge in [0.15, 0.2) is 0 Å². The fourth-order valence-electron chi connectivity index (χ4n) is 1.77. The van der Waals surface area contributed by atoms with Crippen LogP contribution in [-0.2, 0) is 6.54 Å². The second-order valence-electron chi connectivity index (χ2n) is 4.13. The summed E-state index contributed by atoms with van der Waals surface area (Å²) in [5, 5.41) is 3.01. The van der Waals surface area contributed by atoms with Gasteiger partial charge in [0.05, 0.1) is 0 Å². The number of benzene rings is 1. The highest BCUT2D eigenvalue weighted by Crippen LogP contribution is 2.16. The maximum atomic E-state index is 12.8. The molecule has 0 fully saturated rings. The quantitative estimate of drug-likeness (QED) is 0.897. The van der Waals surface area contributed by atoms with Crippen LogP contribution in [0.4, 0.5) is 15.9 Å². The zero-order chi connectivity index (χ0) is 13.0. The lowest BCUT2D eigenvalue weighted by Gasteiger charge is -2.19. The average Bonchev–Trinajstić information content (AvgIpc) is 2.39. The summed E-state index contributed by atoms with van der Waals surface area (Å²) in [5.41, 5.74) is 2.14. The monoisotopic (exact) mass is 245 g/mol. The molecule has 0 unspecified atom stereocenters. The Morgan fingerprint density at radius 3 is 2.61 bits per heavy atom. The van der Waals surface area contributed by atoms with Crippen LogP contribution in [0.1, 0.15) is 5.56 Å². The van der Waals surface area contributed by atoms with E-state index in [4.69, 9.17) is 0 Å². The van der Waals surface area contributed by atoms with Crippen molar-refractivity contribution >= 4 is 11.5 Å². The van der Waals surface area contributed by atoms with Gasteiger partial charge in [-0.25, -0.2) is 9.37 Å². The molecular formula is C14H16FN3. The van der Waals surface area contributed by atoms with Gasteiger partial charge in [-0.2, -0.15) is 0 Å². The van der Waals surface area contributed by atoms with Crippen LogP contribution < -0.4 is 10.2 Å². The van der Waals surface area contributed by atoms with Gasteiger partial charge in [-0.05, 0) is 42.0 Å². The van der Waals surface area contributed by atoms with E-state index >= 15 is 0 Å². The highest BCUT2D eigenvalue weighted by molar-refractivity contribution is 5.47. The van der Waals surface area contributed by atoms with Gasteiger partial charge in [0.2, 0.25) is 0 Å². The van der Waals surface area contributed by atoms with Crippen LogP contribution in [0.5, 0.6) is 0 Å². The molecule has 0 bridgehead atoms. The smallest absolute Gasteiger partial charge is 0.125 e. The van der Waals surface area contributed by atoms with Gasteiger partial charge in [0.25, 0.3) is 0 Å². The molecule has 0 atom stereocenters. The molecule has 0 saturated carbocycles. The molecule has 2 rings (SSSR count). The van der Waals surface area contributed by atoms with Crippen LogP contribution in [0.3, 0.4) is 0 Å². The Balaban J connectivity index is 2.10. The number of nitrogens with one attached hydrogen (secondary N) is 1. The number of halogens is 1. The summed E-state index contributed by atoms with van der Waals surface area (Å²) in [6, 6.07) is 10.5. The van der Waals surface area contributed by atoms with E-state index in [1.54, 1.807) is 18.3 Å². The lowest BCUT2D eigenvalue weighted by atomic mass is 10.2. The zero-order valence-corrected chi connectivity index (χ0v) is 10.5. The lowest BCUT2D eigenvalue weighted by molar-refractivity contribution is 0.627. The van der Waals surface area contributed by atoms with Crippen molar-refractivity contribution in [1.82, 2.24) is 4.98 Å². The second kappa shape index (κ2) is 5.49. The van der Waals surface area contributed by atoms with Gasteiger partial charge in [0.1, 0.15) is 11.6 Å². The van der Waals surface area contributed by atoms with Crippen LogP contribution >= 0.6 is 0 Å². The first-order chi connectivity index (χ1) is 8.69. The number of pyridine rings is 1. The molecule has 0 saturated heterocycles. The number of aromatic nitrogens is 1. The van der Waals surface area contributed by atoms with Crippen molar-refractivity contribution in [1.29, 1.82) is 0 Å². The first-order valence-electron chi connectivity index (χ1n) is 5.78. The topological polar surface area (TPSA) is 28.2 Å². The van der Waals surface area contributed by atoms with E-state index < -0.39 is 0 Å². The van der Waals surface area contributed by atoms with E-state index in [0.29, 0.717) is 0 Å². The van der Waals surface area contributed by atoms with Crippen LogP contribution in [0, 0.1) is 5.82 Å². The SMILES string of the molecule is CNc1cc(CN(C)c2ccc(F)cc2)ccn1. The molecule has 1 heterocycles. The van der Waals surface area contributed by atoms with Crippen molar-refractivity contribution in [2.75, 3.05) is 24.3 Å². The van der Waals surface area contributed by atoms with Crippen molar-refractivity contribution in [3.63, 3.8) is 0 Å². The van der Waals surface area contributed by atoms with Gasteiger partial charge in [-0.3, -0.25) is 0 Å². The van der Waals surface area contributed by atoms with E-state index in [0.717, 1.165) is 23.6 Å². The van der Waals surface area contributed by atoms with E-state index in [9.17, 15) is 4.39 Å². The van der Waals surface area contributed by atoms with Crippen LogP contribution in [0.2, 0.25) is 0 Å². The third-order valence-corrected chi connectivity index (χ3v) is 2.77. The van der Waals surface area contributed by atoms with E-state index in [2.05, 4.69) is 15.2 Å². The minimum Gasteiger partial charge on any atom is -0.373 e. The van der Waals surface area contributed by atoms with Crippen molar-refractivity contribution in [3.8, 4) is 0 Å². The first kappa shape index (κ1) is 12.4. The molecule has 0 aliphatic carbocycles. The number of hydrogen-bond acceptors (Lipinski definition) is 3. The van der Waals surface area contributed by atoms with E-state index in [1.807, 2.05) is 26.2 Å². The molecule has 2 aromatic rings.